The number of amides is 1. The quantitative estimate of drug-likeness (QED) is 0.830. The normalized spacial score (nSPS) is 15.8. The average molecular weight is 380 g/mol. The number of nitrogens with one attached hydrogen (secondary N) is 1. The number of carbonyl (C=O) groups is 1. The molecule has 3 rings (SSSR count). The number of sulfonamides is 1. The Morgan fingerprint density at radius 2 is 1.84 bits per heavy atom. The average Bonchev–Trinajstić information content (AvgIpc) is 3.16. The van der Waals surface area contributed by atoms with E-state index in [-0.39, 0.29) is 11.7 Å². The van der Waals surface area contributed by atoms with Crippen molar-refractivity contribution in [3.8, 4) is 0 Å². The van der Waals surface area contributed by atoms with Gasteiger partial charge in [-0.25, -0.2) is 8.42 Å². The zero-order valence-electron chi connectivity index (χ0n) is 13.7. The minimum Gasteiger partial charge on any atom is -0.379 e. The van der Waals surface area contributed by atoms with Crippen LogP contribution in [0.2, 0.25) is 0 Å². The van der Waals surface area contributed by atoms with Crippen molar-refractivity contribution in [1.82, 2.24) is 9.62 Å². The molecule has 0 saturated carbocycles. The molecule has 25 heavy (non-hydrogen) atoms. The largest absolute Gasteiger partial charge is 0.379 e. The first-order valence-electron chi connectivity index (χ1n) is 8.00. The van der Waals surface area contributed by atoms with E-state index in [1.54, 1.807) is 12.1 Å². The second-order valence-electron chi connectivity index (χ2n) is 5.70. The molecule has 1 aliphatic heterocycles. The summed E-state index contributed by atoms with van der Waals surface area (Å²) in [6.07, 6.45) is 0. The van der Waals surface area contributed by atoms with Gasteiger partial charge in [0.05, 0.1) is 23.8 Å². The molecule has 1 fully saturated rings. The Hall–Kier alpha value is -1.74. The highest BCUT2D eigenvalue weighted by Crippen LogP contribution is 2.17. The molecule has 0 atom stereocenters. The van der Waals surface area contributed by atoms with Crippen molar-refractivity contribution in [2.45, 2.75) is 12.3 Å². The maximum absolute atomic E-state index is 12.6. The van der Waals surface area contributed by atoms with E-state index in [0.29, 0.717) is 43.3 Å². The van der Waals surface area contributed by atoms with E-state index in [9.17, 15) is 13.2 Å². The predicted molar refractivity (Wildman–Crippen MR) is 96.9 cm³/mol. The lowest BCUT2D eigenvalue weighted by Gasteiger charge is -2.26. The van der Waals surface area contributed by atoms with Crippen LogP contribution in [0.5, 0.6) is 0 Å². The minimum absolute atomic E-state index is 0.0714. The summed E-state index contributed by atoms with van der Waals surface area (Å²) in [5, 5.41) is 4.70. The molecule has 1 N–H and O–H groups in total. The third-order valence-electron chi connectivity index (χ3n) is 4.00. The van der Waals surface area contributed by atoms with E-state index < -0.39 is 10.0 Å². The standard InChI is InChI=1S/C17H20N2O4S2/c20-17(16-6-3-11-24-16)18-12-14-4-1-2-5-15(14)13-25(21,22)19-7-9-23-10-8-19/h1-6,11H,7-10,12-13H2,(H,18,20). The van der Waals surface area contributed by atoms with Crippen LogP contribution in [0.1, 0.15) is 20.8 Å². The molecule has 0 spiro atoms. The van der Waals surface area contributed by atoms with Crippen LogP contribution < -0.4 is 5.32 Å². The molecule has 2 heterocycles. The molecule has 1 amide bonds. The number of rotatable bonds is 6. The van der Waals surface area contributed by atoms with Crippen molar-refractivity contribution in [2.75, 3.05) is 26.3 Å². The van der Waals surface area contributed by atoms with Crippen molar-refractivity contribution in [3.05, 3.63) is 57.8 Å². The second-order valence-corrected chi connectivity index (χ2v) is 8.61. The molecule has 1 saturated heterocycles. The van der Waals surface area contributed by atoms with E-state index in [1.807, 2.05) is 29.6 Å². The van der Waals surface area contributed by atoms with Crippen LogP contribution in [0.15, 0.2) is 41.8 Å². The van der Waals surface area contributed by atoms with Crippen LogP contribution in [-0.4, -0.2) is 44.9 Å². The number of morpholine rings is 1. The van der Waals surface area contributed by atoms with Gasteiger partial charge in [0.25, 0.3) is 5.91 Å². The van der Waals surface area contributed by atoms with Crippen LogP contribution in [0, 0.1) is 0 Å². The van der Waals surface area contributed by atoms with E-state index in [0.717, 1.165) is 5.56 Å². The van der Waals surface area contributed by atoms with Crippen molar-refractivity contribution in [2.24, 2.45) is 0 Å². The molecule has 1 aliphatic rings. The smallest absolute Gasteiger partial charge is 0.261 e. The summed E-state index contributed by atoms with van der Waals surface area (Å²) in [5.74, 6) is -0.223. The molecule has 6 nitrogen and oxygen atoms in total. The zero-order valence-corrected chi connectivity index (χ0v) is 15.3. The highest BCUT2D eigenvalue weighted by Gasteiger charge is 2.25. The Balaban J connectivity index is 1.69. The fourth-order valence-electron chi connectivity index (χ4n) is 2.65. The SMILES string of the molecule is O=C(NCc1ccccc1CS(=O)(=O)N1CCOCC1)c1cccs1. The molecule has 0 bridgehead atoms. The molecule has 1 aromatic heterocycles. The van der Waals surface area contributed by atoms with Crippen LogP contribution in [0.4, 0.5) is 0 Å². The van der Waals surface area contributed by atoms with Crippen LogP contribution in [0.3, 0.4) is 0 Å². The van der Waals surface area contributed by atoms with Crippen LogP contribution in [-0.2, 0) is 27.1 Å². The minimum atomic E-state index is -3.40. The van der Waals surface area contributed by atoms with Gasteiger partial charge in [-0.3, -0.25) is 4.79 Å². The summed E-state index contributed by atoms with van der Waals surface area (Å²) in [5.41, 5.74) is 1.52. The van der Waals surface area contributed by atoms with E-state index in [1.165, 1.54) is 15.6 Å². The Morgan fingerprint density at radius 3 is 2.52 bits per heavy atom. The number of thiophene rings is 1. The molecule has 8 heteroatoms. The highest BCUT2D eigenvalue weighted by atomic mass is 32.2. The lowest BCUT2D eigenvalue weighted by molar-refractivity contribution is 0.0729. The summed E-state index contributed by atoms with van der Waals surface area (Å²) in [7, 11) is -3.40. The number of carbonyl (C=O) groups excluding carboxylic acids is 1. The first kappa shape index (κ1) is 18.1. The topological polar surface area (TPSA) is 75.7 Å². The maximum Gasteiger partial charge on any atom is 0.261 e. The van der Waals surface area contributed by atoms with E-state index in [2.05, 4.69) is 5.32 Å². The molecule has 0 aliphatic carbocycles. The van der Waals surface area contributed by atoms with E-state index >= 15 is 0 Å². The molecule has 0 radical (unpaired) electrons. The molecule has 1 aromatic carbocycles. The fourth-order valence-corrected chi connectivity index (χ4v) is 4.86. The van der Waals surface area contributed by atoms with Crippen molar-refractivity contribution in [3.63, 3.8) is 0 Å². The molecule has 2 aromatic rings. The fraction of sp³-hybridized carbons (Fsp3) is 0.353. The molecular weight excluding hydrogens is 360 g/mol. The number of hydrogen-bond donors (Lipinski definition) is 1. The first-order chi connectivity index (χ1) is 12.1. The van der Waals surface area contributed by atoms with Gasteiger partial charge in [0.2, 0.25) is 10.0 Å². The Labute approximate surface area is 151 Å². The molecule has 134 valence electrons. The van der Waals surface area contributed by atoms with Gasteiger partial charge in [-0.05, 0) is 22.6 Å². The summed E-state index contributed by atoms with van der Waals surface area (Å²) >= 11 is 1.37. The van der Waals surface area contributed by atoms with Crippen molar-refractivity contribution < 1.29 is 17.9 Å². The lowest BCUT2D eigenvalue weighted by atomic mass is 10.1. The van der Waals surface area contributed by atoms with Gasteiger partial charge >= 0.3 is 0 Å². The summed E-state index contributed by atoms with van der Waals surface area (Å²) in [6.45, 7) is 1.93. The van der Waals surface area contributed by atoms with Gasteiger partial charge in [-0.15, -0.1) is 11.3 Å². The summed E-state index contributed by atoms with van der Waals surface area (Å²) in [4.78, 5) is 12.7. The monoisotopic (exact) mass is 380 g/mol. The first-order valence-corrected chi connectivity index (χ1v) is 10.5. The second kappa shape index (κ2) is 8.09. The summed E-state index contributed by atoms with van der Waals surface area (Å²) in [6, 6.07) is 10.9. The third-order valence-corrected chi connectivity index (χ3v) is 6.70. The Morgan fingerprint density at radius 1 is 1.12 bits per heavy atom. The highest BCUT2D eigenvalue weighted by molar-refractivity contribution is 7.88. The van der Waals surface area contributed by atoms with Crippen molar-refractivity contribution in [1.29, 1.82) is 0 Å². The maximum atomic E-state index is 12.6. The van der Waals surface area contributed by atoms with Gasteiger partial charge in [0.1, 0.15) is 0 Å². The molecule has 0 unspecified atom stereocenters. The van der Waals surface area contributed by atoms with Crippen LogP contribution in [0.25, 0.3) is 0 Å². The van der Waals surface area contributed by atoms with Crippen LogP contribution >= 0.6 is 11.3 Å². The van der Waals surface area contributed by atoms with Gasteiger partial charge in [0, 0.05) is 19.6 Å². The Bertz CT molecular complexity index is 813. The lowest BCUT2D eigenvalue weighted by Crippen LogP contribution is -2.41. The predicted octanol–water partition coefficient (Wildman–Crippen LogP) is 1.84. The van der Waals surface area contributed by atoms with E-state index in [4.69, 9.17) is 4.74 Å². The summed E-state index contributed by atoms with van der Waals surface area (Å²) < 4.78 is 31.9. The number of nitrogens with zero attached hydrogens (tertiary/aromatic N) is 1. The van der Waals surface area contributed by atoms with Gasteiger partial charge < -0.3 is 10.1 Å². The number of ether oxygens (including phenoxy) is 1. The van der Waals surface area contributed by atoms with Gasteiger partial charge in [0.15, 0.2) is 0 Å². The van der Waals surface area contributed by atoms with Crippen molar-refractivity contribution >= 4 is 27.3 Å². The molecular formula is C17H20N2O4S2. The number of hydrogen-bond acceptors (Lipinski definition) is 5. The number of benzene rings is 1. The van der Waals surface area contributed by atoms with Gasteiger partial charge in [-0.1, -0.05) is 30.3 Å². The van der Waals surface area contributed by atoms with Gasteiger partial charge in [-0.2, -0.15) is 4.31 Å². The zero-order chi connectivity index (χ0) is 17.7. The third kappa shape index (κ3) is 4.66. The Kier molecular flexibility index (Phi) is 5.85.